The van der Waals surface area contributed by atoms with Gasteiger partial charge in [0.15, 0.2) is 0 Å². The van der Waals surface area contributed by atoms with Crippen LogP contribution < -0.4 is 5.32 Å². The first-order valence-electron chi connectivity index (χ1n) is 12.2. The Morgan fingerprint density at radius 2 is 1.62 bits per heavy atom. The van der Waals surface area contributed by atoms with Gasteiger partial charge in [0.1, 0.15) is 12.6 Å². The molecule has 5 rings (SSSR count). The van der Waals surface area contributed by atoms with E-state index in [1.807, 2.05) is 24.3 Å². The van der Waals surface area contributed by atoms with Gasteiger partial charge in [0.2, 0.25) is 5.91 Å². The Morgan fingerprint density at radius 3 is 2.29 bits per heavy atom. The largest absolute Gasteiger partial charge is 0.480 e. The molecule has 0 radical (unpaired) electrons. The molecule has 178 valence electrons. The zero-order chi connectivity index (χ0) is 23.7. The number of ether oxygens (including phenoxy) is 1. The van der Waals surface area contributed by atoms with Crippen LogP contribution in [0, 0.1) is 5.92 Å². The summed E-state index contributed by atoms with van der Waals surface area (Å²) >= 11 is 0. The molecule has 3 unspecified atom stereocenters. The number of hydrogen-bond acceptors (Lipinski definition) is 4. The average molecular weight is 463 g/mol. The predicted molar refractivity (Wildman–Crippen MR) is 126 cm³/mol. The fraction of sp³-hybridized carbons (Fsp3) is 0.444. The van der Waals surface area contributed by atoms with Gasteiger partial charge in [0.25, 0.3) is 0 Å². The molecule has 34 heavy (non-hydrogen) atoms. The first kappa shape index (κ1) is 22.4. The van der Waals surface area contributed by atoms with Gasteiger partial charge in [-0.05, 0) is 53.9 Å². The van der Waals surface area contributed by atoms with Crippen molar-refractivity contribution in [3.63, 3.8) is 0 Å². The Morgan fingerprint density at radius 1 is 0.941 bits per heavy atom. The monoisotopic (exact) mass is 462 g/mol. The van der Waals surface area contributed by atoms with Crippen molar-refractivity contribution in [2.75, 3.05) is 13.2 Å². The zero-order valence-corrected chi connectivity index (χ0v) is 19.1. The van der Waals surface area contributed by atoms with Gasteiger partial charge in [-0.1, -0.05) is 55.0 Å². The van der Waals surface area contributed by atoms with Gasteiger partial charge in [-0.3, -0.25) is 4.79 Å². The number of amides is 2. The van der Waals surface area contributed by atoms with Crippen molar-refractivity contribution in [1.82, 2.24) is 10.2 Å². The summed E-state index contributed by atoms with van der Waals surface area (Å²) in [4.78, 5) is 38.4. The molecule has 0 aromatic heterocycles. The average Bonchev–Trinajstić information content (AvgIpc) is 3.56. The van der Waals surface area contributed by atoms with E-state index in [0.29, 0.717) is 13.0 Å². The number of carboxylic acid groups (broad SMARTS) is 1. The zero-order valence-electron chi connectivity index (χ0n) is 19.1. The van der Waals surface area contributed by atoms with Crippen LogP contribution in [0.15, 0.2) is 48.5 Å². The molecular weight excluding hydrogens is 432 g/mol. The molecule has 2 N–H and O–H groups in total. The third kappa shape index (κ3) is 4.27. The number of carboxylic acids is 1. The van der Waals surface area contributed by atoms with E-state index in [2.05, 4.69) is 29.6 Å². The summed E-state index contributed by atoms with van der Waals surface area (Å²) in [5.74, 6) is -1.06. The molecule has 0 spiro atoms. The molecule has 1 saturated carbocycles. The van der Waals surface area contributed by atoms with Crippen LogP contribution in [0.2, 0.25) is 0 Å². The molecule has 1 saturated heterocycles. The highest BCUT2D eigenvalue weighted by molar-refractivity contribution is 5.84. The number of aliphatic carboxylic acids is 1. The number of nitrogens with one attached hydrogen (secondary N) is 1. The van der Waals surface area contributed by atoms with Gasteiger partial charge in [0, 0.05) is 24.9 Å². The number of nitrogens with zero attached hydrogens (tertiary/aromatic N) is 1. The number of benzene rings is 2. The lowest BCUT2D eigenvalue weighted by Gasteiger charge is -2.26. The van der Waals surface area contributed by atoms with Crippen LogP contribution in [0.3, 0.4) is 0 Å². The minimum Gasteiger partial charge on any atom is -0.480 e. The lowest BCUT2D eigenvalue weighted by Crippen LogP contribution is -2.43. The lowest BCUT2D eigenvalue weighted by atomic mass is 9.98. The molecule has 1 heterocycles. The van der Waals surface area contributed by atoms with Crippen molar-refractivity contribution >= 4 is 18.0 Å². The fourth-order valence-electron chi connectivity index (χ4n) is 5.93. The molecule has 0 bridgehead atoms. The Bertz CT molecular complexity index is 1050. The maximum Gasteiger partial charge on any atom is 0.407 e. The maximum atomic E-state index is 12.8. The summed E-state index contributed by atoms with van der Waals surface area (Å²) in [6.07, 6.45) is 3.58. The molecule has 2 aliphatic carbocycles. The highest BCUT2D eigenvalue weighted by Gasteiger charge is 2.37. The Labute approximate surface area is 199 Å². The highest BCUT2D eigenvalue weighted by atomic mass is 16.5. The predicted octanol–water partition coefficient (Wildman–Crippen LogP) is 4.16. The van der Waals surface area contributed by atoms with Crippen molar-refractivity contribution in [1.29, 1.82) is 0 Å². The topological polar surface area (TPSA) is 95.9 Å². The van der Waals surface area contributed by atoms with Crippen LogP contribution in [0.1, 0.15) is 55.6 Å². The van der Waals surface area contributed by atoms with E-state index in [4.69, 9.17) is 4.74 Å². The summed E-state index contributed by atoms with van der Waals surface area (Å²) in [5, 5.41) is 12.4. The van der Waals surface area contributed by atoms with Crippen LogP contribution >= 0.6 is 0 Å². The van der Waals surface area contributed by atoms with E-state index < -0.39 is 18.1 Å². The molecule has 3 atom stereocenters. The van der Waals surface area contributed by atoms with Crippen molar-refractivity contribution in [2.45, 2.75) is 56.5 Å². The number of rotatable bonds is 6. The van der Waals surface area contributed by atoms with Crippen molar-refractivity contribution in [2.24, 2.45) is 5.92 Å². The second-order valence-corrected chi connectivity index (χ2v) is 9.55. The van der Waals surface area contributed by atoms with Crippen molar-refractivity contribution in [3.8, 4) is 11.1 Å². The van der Waals surface area contributed by atoms with Gasteiger partial charge >= 0.3 is 12.1 Å². The maximum absolute atomic E-state index is 12.8. The van der Waals surface area contributed by atoms with E-state index in [1.54, 1.807) is 0 Å². The van der Waals surface area contributed by atoms with E-state index in [-0.39, 0.29) is 36.8 Å². The molecule has 7 nitrogen and oxygen atoms in total. The first-order valence-corrected chi connectivity index (χ1v) is 12.2. The third-order valence-electron chi connectivity index (χ3n) is 7.60. The normalized spacial score (nSPS) is 23.4. The number of alkyl carbamates (subject to hydrolysis) is 1. The van der Waals surface area contributed by atoms with Crippen LogP contribution in [0.5, 0.6) is 0 Å². The molecule has 2 amide bonds. The van der Waals surface area contributed by atoms with Crippen molar-refractivity contribution < 1.29 is 24.2 Å². The molecular formula is C27H30N2O5. The van der Waals surface area contributed by atoms with Crippen LogP contribution in [0.4, 0.5) is 4.79 Å². The summed E-state index contributed by atoms with van der Waals surface area (Å²) in [7, 11) is 0. The smallest absolute Gasteiger partial charge is 0.407 e. The van der Waals surface area contributed by atoms with Gasteiger partial charge in [-0.15, -0.1) is 0 Å². The summed E-state index contributed by atoms with van der Waals surface area (Å²) in [6, 6.07) is 15.6. The fourth-order valence-corrected chi connectivity index (χ4v) is 5.93. The Kier molecular flexibility index (Phi) is 6.26. The van der Waals surface area contributed by atoms with E-state index in [9.17, 15) is 19.5 Å². The summed E-state index contributed by atoms with van der Waals surface area (Å²) in [6.45, 7) is 0.747. The van der Waals surface area contributed by atoms with E-state index >= 15 is 0 Å². The standard InChI is InChI=1S/C27H30N2O5/c30-25(29-14-6-13-24(29)26(31)32)15-17-7-5-12-23(17)28-27(33)34-16-22-20-10-3-1-8-18(20)19-9-2-4-11-21(19)22/h1-4,8-11,17,22-24H,5-7,12-16H2,(H,28,33)(H,31,32). The SMILES string of the molecule is O=C(NC1CCCC1CC(=O)N1CCCC1C(=O)O)OCC1c2ccccc2-c2ccccc21. The first-order chi connectivity index (χ1) is 16.5. The Hall–Kier alpha value is -3.35. The molecule has 2 aromatic rings. The lowest BCUT2D eigenvalue weighted by molar-refractivity contribution is -0.148. The molecule has 3 aliphatic rings. The minimum absolute atomic E-state index is 0.00206. The number of likely N-dealkylation sites (tertiary alicyclic amines) is 1. The van der Waals surface area contributed by atoms with Gasteiger partial charge < -0.3 is 20.1 Å². The van der Waals surface area contributed by atoms with Crippen LogP contribution in [0.25, 0.3) is 11.1 Å². The Balaban J connectivity index is 1.18. The number of carbonyl (C=O) groups is 3. The number of hydrogen-bond donors (Lipinski definition) is 2. The second kappa shape index (κ2) is 9.49. The summed E-state index contributed by atoms with van der Waals surface area (Å²) < 4.78 is 5.68. The van der Waals surface area contributed by atoms with Gasteiger partial charge in [-0.25, -0.2) is 9.59 Å². The van der Waals surface area contributed by atoms with Gasteiger partial charge in [-0.2, -0.15) is 0 Å². The minimum atomic E-state index is -0.939. The van der Waals surface area contributed by atoms with Crippen LogP contribution in [-0.4, -0.2) is 53.2 Å². The molecule has 7 heteroatoms. The molecule has 2 fully saturated rings. The highest BCUT2D eigenvalue weighted by Crippen LogP contribution is 2.44. The number of carbonyl (C=O) groups excluding carboxylic acids is 2. The quantitative estimate of drug-likeness (QED) is 0.672. The van der Waals surface area contributed by atoms with E-state index in [1.165, 1.54) is 27.2 Å². The van der Waals surface area contributed by atoms with Crippen LogP contribution in [-0.2, 0) is 14.3 Å². The number of fused-ring (bicyclic) bond motifs is 3. The molecule has 1 aliphatic heterocycles. The molecule has 2 aromatic carbocycles. The van der Waals surface area contributed by atoms with Gasteiger partial charge in [0.05, 0.1) is 0 Å². The third-order valence-corrected chi connectivity index (χ3v) is 7.60. The summed E-state index contributed by atoms with van der Waals surface area (Å²) in [5.41, 5.74) is 4.70. The van der Waals surface area contributed by atoms with Crippen molar-refractivity contribution in [3.05, 3.63) is 59.7 Å². The van der Waals surface area contributed by atoms with E-state index in [0.717, 1.165) is 25.7 Å². The second-order valence-electron chi connectivity index (χ2n) is 9.55.